The maximum Gasteiger partial charge on any atom is 0.413 e. The van der Waals surface area contributed by atoms with E-state index in [-0.39, 0.29) is 22.7 Å². The van der Waals surface area contributed by atoms with E-state index in [1.54, 1.807) is 7.05 Å². The van der Waals surface area contributed by atoms with Gasteiger partial charge in [-0.15, -0.1) is 0 Å². The molecule has 0 unspecified atom stereocenters. The van der Waals surface area contributed by atoms with Crippen LogP contribution in [0.4, 0.5) is 13.2 Å². The number of hydrogen-bond acceptors (Lipinski definition) is 4. The molecular weight excluding hydrogens is 327 g/mol. The number of hydrogen-bond donors (Lipinski definition) is 1. The molecular formula is C14H18F3N5O2. The summed E-state index contributed by atoms with van der Waals surface area (Å²) >= 11 is 0. The minimum absolute atomic E-state index is 0.0683. The van der Waals surface area contributed by atoms with E-state index in [0.29, 0.717) is 5.69 Å². The van der Waals surface area contributed by atoms with Crippen molar-refractivity contribution in [1.29, 1.82) is 0 Å². The molecule has 24 heavy (non-hydrogen) atoms. The van der Waals surface area contributed by atoms with E-state index in [1.807, 2.05) is 5.32 Å². The number of alkyl halides is 3. The number of aromatic nitrogens is 4. The van der Waals surface area contributed by atoms with Gasteiger partial charge in [-0.25, -0.2) is 4.68 Å². The van der Waals surface area contributed by atoms with Crippen molar-refractivity contribution in [3.05, 3.63) is 28.7 Å². The molecule has 2 aromatic rings. The van der Waals surface area contributed by atoms with Crippen LogP contribution in [0.5, 0.6) is 5.88 Å². The number of carbonyl (C=O) groups is 1. The van der Waals surface area contributed by atoms with Gasteiger partial charge in [-0.1, -0.05) is 0 Å². The smallest absolute Gasteiger partial charge is 0.413 e. The van der Waals surface area contributed by atoms with Gasteiger partial charge in [-0.3, -0.25) is 9.48 Å². The van der Waals surface area contributed by atoms with Crippen LogP contribution in [0, 0.1) is 13.8 Å². The lowest BCUT2D eigenvalue weighted by Gasteiger charge is -2.22. The molecule has 1 atom stereocenters. The van der Waals surface area contributed by atoms with Gasteiger partial charge in [-0.2, -0.15) is 23.4 Å². The van der Waals surface area contributed by atoms with Crippen molar-refractivity contribution in [2.75, 3.05) is 7.11 Å². The van der Waals surface area contributed by atoms with Crippen LogP contribution in [0.1, 0.15) is 33.4 Å². The van der Waals surface area contributed by atoms with Crippen molar-refractivity contribution in [2.45, 2.75) is 26.1 Å². The summed E-state index contributed by atoms with van der Waals surface area (Å²) in [6, 6.07) is -2.18. The minimum Gasteiger partial charge on any atom is -0.481 e. The van der Waals surface area contributed by atoms with Crippen molar-refractivity contribution in [3.8, 4) is 5.88 Å². The zero-order valence-corrected chi connectivity index (χ0v) is 13.9. The first-order valence-corrected chi connectivity index (χ1v) is 7.01. The Bertz CT molecular complexity index is 763. The van der Waals surface area contributed by atoms with E-state index in [2.05, 4.69) is 10.2 Å². The third-order valence-electron chi connectivity index (χ3n) is 3.78. The number of nitrogens with zero attached hydrogens (tertiary/aromatic N) is 4. The second kappa shape index (κ2) is 6.17. The fraction of sp³-hybridized carbons (Fsp3) is 0.500. The molecule has 0 fully saturated rings. The number of ether oxygens (including phenoxy) is 1. The SMILES string of the molecule is COc1c(C(=O)N[C@H](c2c(C)nn(C)c2C)C(F)(F)F)cnn1C. The van der Waals surface area contributed by atoms with Crippen LogP contribution in [0.15, 0.2) is 6.20 Å². The van der Waals surface area contributed by atoms with E-state index in [1.165, 1.54) is 37.4 Å². The van der Waals surface area contributed by atoms with Gasteiger partial charge >= 0.3 is 6.18 Å². The highest BCUT2D eigenvalue weighted by Crippen LogP contribution is 2.36. The van der Waals surface area contributed by atoms with E-state index in [0.717, 1.165) is 6.20 Å². The number of rotatable bonds is 4. The molecule has 10 heteroatoms. The summed E-state index contributed by atoms with van der Waals surface area (Å²) in [6.45, 7) is 2.99. The Labute approximate surface area is 136 Å². The second-order valence-electron chi connectivity index (χ2n) is 5.35. The Hall–Kier alpha value is -2.52. The standard InChI is InChI=1S/C14H18F3N5O2/c1-7-10(8(2)21(3)20-7)11(14(15,16)17)19-12(23)9-6-18-22(4)13(9)24-5/h6,11H,1-5H3,(H,19,23)/t11-/m1/s1. The molecule has 0 spiro atoms. The highest BCUT2D eigenvalue weighted by Gasteiger charge is 2.45. The summed E-state index contributed by atoms with van der Waals surface area (Å²) in [4.78, 5) is 12.3. The van der Waals surface area contributed by atoms with Crippen molar-refractivity contribution in [3.63, 3.8) is 0 Å². The van der Waals surface area contributed by atoms with Crippen molar-refractivity contribution < 1.29 is 22.7 Å². The first-order chi connectivity index (χ1) is 11.1. The van der Waals surface area contributed by atoms with Crippen LogP contribution in [0.2, 0.25) is 0 Å². The van der Waals surface area contributed by atoms with Gasteiger partial charge in [-0.05, 0) is 13.8 Å². The van der Waals surface area contributed by atoms with E-state index in [9.17, 15) is 18.0 Å². The number of carbonyl (C=O) groups excluding carboxylic acids is 1. The summed E-state index contributed by atoms with van der Waals surface area (Å²) in [7, 11) is 4.38. The third kappa shape index (κ3) is 3.08. The molecule has 0 saturated heterocycles. The molecule has 0 aliphatic carbocycles. The number of nitrogens with one attached hydrogen (secondary N) is 1. The Morgan fingerprint density at radius 3 is 2.38 bits per heavy atom. The van der Waals surface area contributed by atoms with Crippen LogP contribution in [-0.4, -0.2) is 38.8 Å². The maximum absolute atomic E-state index is 13.5. The topological polar surface area (TPSA) is 74.0 Å². The molecule has 7 nitrogen and oxygen atoms in total. The molecule has 132 valence electrons. The lowest BCUT2D eigenvalue weighted by molar-refractivity contribution is -0.155. The summed E-state index contributed by atoms with van der Waals surface area (Å²) in [6.07, 6.45) is -3.52. The van der Waals surface area contributed by atoms with Crippen molar-refractivity contribution in [1.82, 2.24) is 24.9 Å². The second-order valence-corrected chi connectivity index (χ2v) is 5.35. The summed E-state index contributed by atoms with van der Waals surface area (Å²) in [5, 5.41) is 9.83. The molecule has 0 aliphatic heterocycles. The summed E-state index contributed by atoms with van der Waals surface area (Å²) < 4.78 is 48.2. The van der Waals surface area contributed by atoms with Crippen molar-refractivity contribution >= 4 is 5.91 Å². The van der Waals surface area contributed by atoms with Gasteiger partial charge in [0.2, 0.25) is 5.88 Å². The van der Waals surface area contributed by atoms with Crippen LogP contribution < -0.4 is 10.1 Å². The lowest BCUT2D eigenvalue weighted by Crippen LogP contribution is -2.38. The van der Waals surface area contributed by atoms with Crippen LogP contribution in [0.3, 0.4) is 0 Å². The van der Waals surface area contributed by atoms with E-state index in [4.69, 9.17) is 4.74 Å². The normalized spacial score (nSPS) is 13.0. The molecule has 2 rings (SSSR count). The van der Waals surface area contributed by atoms with E-state index >= 15 is 0 Å². The predicted octanol–water partition coefficient (Wildman–Crippen LogP) is 1.81. The van der Waals surface area contributed by atoms with Crippen LogP contribution >= 0.6 is 0 Å². The highest BCUT2D eigenvalue weighted by molar-refractivity contribution is 5.96. The third-order valence-corrected chi connectivity index (χ3v) is 3.78. The molecule has 0 aromatic carbocycles. The number of methoxy groups -OCH3 is 1. The average molecular weight is 345 g/mol. The number of aryl methyl sites for hydroxylation is 3. The number of amides is 1. The van der Waals surface area contributed by atoms with Crippen LogP contribution in [0.25, 0.3) is 0 Å². The molecule has 0 radical (unpaired) electrons. The summed E-state index contributed by atoms with van der Waals surface area (Å²) in [5.41, 5.74) is 0.388. The quantitative estimate of drug-likeness (QED) is 0.917. The Kier molecular flexibility index (Phi) is 4.59. The van der Waals surface area contributed by atoms with Gasteiger partial charge in [0.15, 0.2) is 6.04 Å². The Morgan fingerprint density at radius 1 is 1.29 bits per heavy atom. The first kappa shape index (κ1) is 17.8. The molecule has 2 aromatic heterocycles. The fourth-order valence-corrected chi connectivity index (χ4v) is 2.56. The molecule has 0 saturated carbocycles. The number of halogens is 3. The van der Waals surface area contributed by atoms with Gasteiger partial charge in [0.1, 0.15) is 5.56 Å². The van der Waals surface area contributed by atoms with Gasteiger partial charge < -0.3 is 10.1 Å². The van der Waals surface area contributed by atoms with Crippen molar-refractivity contribution in [2.24, 2.45) is 14.1 Å². The molecule has 2 heterocycles. The van der Waals surface area contributed by atoms with E-state index < -0.39 is 18.1 Å². The summed E-state index contributed by atoms with van der Waals surface area (Å²) in [5.74, 6) is -0.849. The zero-order chi connectivity index (χ0) is 18.2. The predicted molar refractivity (Wildman–Crippen MR) is 78.7 cm³/mol. The molecule has 0 bridgehead atoms. The minimum atomic E-state index is -4.68. The fourth-order valence-electron chi connectivity index (χ4n) is 2.56. The van der Waals surface area contributed by atoms with Gasteiger partial charge in [0.25, 0.3) is 5.91 Å². The van der Waals surface area contributed by atoms with Gasteiger partial charge in [0, 0.05) is 25.4 Å². The van der Waals surface area contributed by atoms with Crippen LogP contribution in [-0.2, 0) is 14.1 Å². The molecule has 1 amide bonds. The maximum atomic E-state index is 13.5. The Balaban J connectivity index is 2.42. The van der Waals surface area contributed by atoms with Gasteiger partial charge in [0.05, 0.1) is 19.0 Å². The largest absolute Gasteiger partial charge is 0.481 e. The monoisotopic (exact) mass is 345 g/mol. The Morgan fingerprint density at radius 2 is 1.92 bits per heavy atom. The zero-order valence-electron chi connectivity index (χ0n) is 13.9. The molecule has 0 aliphatic rings. The molecule has 1 N–H and O–H groups in total. The first-order valence-electron chi connectivity index (χ1n) is 7.01. The highest BCUT2D eigenvalue weighted by atomic mass is 19.4. The lowest BCUT2D eigenvalue weighted by atomic mass is 10.0. The average Bonchev–Trinajstić information content (AvgIpc) is 2.96.